The van der Waals surface area contributed by atoms with Gasteiger partial charge in [0, 0.05) is 20.3 Å². The van der Waals surface area contributed by atoms with E-state index in [2.05, 4.69) is 28.8 Å². The second-order valence-electron chi connectivity index (χ2n) is 4.51. The molecule has 112 valence electrons. The largest absolute Gasteiger partial charge is 0.400 e. The third-order valence-electron chi connectivity index (χ3n) is 2.69. The van der Waals surface area contributed by atoms with Crippen LogP contribution in [-0.2, 0) is 11.3 Å². The Balaban J connectivity index is 0.000000956. The Kier molecular flexibility index (Phi) is 6.89. The van der Waals surface area contributed by atoms with Crippen LogP contribution in [0.2, 0.25) is 0 Å². The van der Waals surface area contributed by atoms with Crippen molar-refractivity contribution in [2.45, 2.75) is 26.8 Å². The maximum absolute atomic E-state index is 7.00. The van der Waals surface area contributed by atoms with Gasteiger partial charge < -0.3 is 20.1 Å². The molecule has 0 aromatic carbocycles. The zero-order valence-corrected chi connectivity index (χ0v) is 12.3. The molecule has 0 spiro atoms. The lowest BCUT2D eigenvalue weighted by Crippen LogP contribution is -2.14. The van der Waals surface area contributed by atoms with Crippen LogP contribution in [0.3, 0.4) is 0 Å². The van der Waals surface area contributed by atoms with Crippen molar-refractivity contribution in [3.05, 3.63) is 12.7 Å². The third-order valence-corrected chi connectivity index (χ3v) is 2.69. The van der Waals surface area contributed by atoms with Gasteiger partial charge in [-0.1, -0.05) is 13.8 Å². The molecule has 2 aromatic rings. The first-order valence-electron chi connectivity index (χ1n) is 6.66. The van der Waals surface area contributed by atoms with Crippen molar-refractivity contribution in [2.24, 2.45) is 5.92 Å². The lowest BCUT2D eigenvalue weighted by atomic mass is 10.2. The highest BCUT2D eigenvalue weighted by atomic mass is 16.5. The zero-order chi connectivity index (χ0) is 15.0. The number of rotatable bonds is 6. The van der Waals surface area contributed by atoms with E-state index in [1.165, 1.54) is 6.33 Å². The molecule has 7 nitrogen and oxygen atoms in total. The van der Waals surface area contributed by atoms with Gasteiger partial charge in [-0.2, -0.15) is 0 Å². The van der Waals surface area contributed by atoms with Gasteiger partial charge in [-0.05, 0) is 12.3 Å². The summed E-state index contributed by atoms with van der Waals surface area (Å²) in [4.78, 5) is 12.4. The van der Waals surface area contributed by atoms with Gasteiger partial charge >= 0.3 is 0 Å². The number of imidazole rings is 1. The highest BCUT2D eigenvalue weighted by Gasteiger charge is 2.10. The van der Waals surface area contributed by atoms with Crippen LogP contribution >= 0.6 is 0 Å². The lowest BCUT2D eigenvalue weighted by molar-refractivity contribution is 0.0999. The number of hydrogen-bond donors (Lipinski definition) is 2. The summed E-state index contributed by atoms with van der Waals surface area (Å²) in [5.41, 5.74) is 7.20. The van der Waals surface area contributed by atoms with Crippen LogP contribution in [0.1, 0.15) is 20.3 Å². The topological polar surface area (TPSA) is 99.1 Å². The van der Waals surface area contributed by atoms with E-state index in [-0.39, 0.29) is 0 Å². The first-order chi connectivity index (χ1) is 9.72. The number of ether oxygens (including phenoxy) is 1. The predicted octanol–water partition coefficient (Wildman–Crippen LogP) is 1.08. The molecule has 0 saturated heterocycles. The minimum atomic E-state index is 0.408. The van der Waals surface area contributed by atoms with Crippen molar-refractivity contribution >= 4 is 17.0 Å². The van der Waals surface area contributed by atoms with Crippen molar-refractivity contribution in [3.63, 3.8) is 0 Å². The number of hydrogen-bond acceptors (Lipinski definition) is 6. The molecule has 2 heterocycles. The number of aliphatic hydroxyl groups excluding tert-OH is 1. The van der Waals surface area contributed by atoms with Gasteiger partial charge in [-0.3, -0.25) is 0 Å². The SMILES string of the molecule is CCCOC[C@@H](C)Cn1cnc2c(N)ncnc21.CO. The predicted molar refractivity (Wildman–Crippen MR) is 78.2 cm³/mol. The number of anilines is 1. The molecule has 20 heavy (non-hydrogen) atoms. The Bertz CT molecular complexity index is 514. The summed E-state index contributed by atoms with van der Waals surface area (Å²) in [6.07, 6.45) is 4.27. The highest BCUT2D eigenvalue weighted by molar-refractivity contribution is 5.80. The van der Waals surface area contributed by atoms with Crippen molar-refractivity contribution in [2.75, 3.05) is 26.1 Å². The van der Waals surface area contributed by atoms with Crippen LogP contribution in [0.4, 0.5) is 5.82 Å². The molecule has 0 aliphatic heterocycles. The molecular formula is C13H23N5O2. The molecule has 0 radical (unpaired) electrons. The first-order valence-corrected chi connectivity index (χ1v) is 6.66. The Morgan fingerprint density at radius 3 is 2.80 bits per heavy atom. The molecule has 0 amide bonds. The van der Waals surface area contributed by atoms with Crippen molar-refractivity contribution < 1.29 is 9.84 Å². The third kappa shape index (κ3) is 4.14. The molecule has 0 bridgehead atoms. The molecule has 0 unspecified atom stereocenters. The van der Waals surface area contributed by atoms with E-state index in [0.29, 0.717) is 17.3 Å². The lowest BCUT2D eigenvalue weighted by Gasteiger charge is -2.12. The number of aliphatic hydroxyl groups is 1. The summed E-state index contributed by atoms with van der Waals surface area (Å²) in [5.74, 6) is 0.832. The highest BCUT2D eigenvalue weighted by Crippen LogP contribution is 2.15. The van der Waals surface area contributed by atoms with Crippen molar-refractivity contribution in [3.8, 4) is 0 Å². The van der Waals surface area contributed by atoms with E-state index < -0.39 is 0 Å². The minimum absolute atomic E-state index is 0.408. The van der Waals surface area contributed by atoms with Crippen molar-refractivity contribution in [1.82, 2.24) is 19.5 Å². The molecule has 0 aliphatic carbocycles. The molecule has 2 aromatic heterocycles. The van der Waals surface area contributed by atoms with Gasteiger partial charge in [-0.15, -0.1) is 0 Å². The smallest absolute Gasteiger partial charge is 0.165 e. The maximum Gasteiger partial charge on any atom is 0.165 e. The summed E-state index contributed by atoms with van der Waals surface area (Å²) in [6.45, 7) is 6.62. The Labute approximate surface area is 118 Å². The average Bonchev–Trinajstić information content (AvgIpc) is 2.86. The number of nitrogens with two attached hydrogens (primary N) is 1. The average molecular weight is 281 g/mol. The van der Waals surface area contributed by atoms with Gasteiger partial charge in [0.2, 0.25) is 0 Å². The molecule has 2 rings (SSSR count). The van der Waals surface area contributed by atoms with E-state index in [4.69, 9.17) is 15.6 Å². The quantitative estimate of drug-likeness (QED) is 0.769. The van der Waals surface area contributed by atoms with E-state index in [9.17, 15) is 0 Å². The molecule has 0 fully saturated rings. The molecule has 3 N–H and O–H groups in total. The number of fused-ring (bicyclic) bond motifs is 1. The Morgan fingerprint density at radius 1 is 1.35 bits per heavy atom. The van der Waals surface area contributed by atoms with Crippen molar-refractivity contribution in [1.29, 1.82) is 0 Å². The van der Waals surface area contributed by atoms with Gasteiger partial charge in [0.1, 0.15) is 11.8 Å². The molecule has 0 aliphatic rings. The van der Waals surface area contributed by atoms with Crippen LogP contribution in [0.15, 0.2) is 12.7 Å². The zero-order valence-electron chi connectivity index (χ0n) is 12.3. The van der Waals surface area contributed by atoms with Crippen LogP contribution < -0.4 is 5.73 Å². The minimum Gasteiger partial charge on any atom is -0.400 e. The summed E-state index contributed by atoms with van der Waals surface area (Å²) < 4.78 is 7.53. The maximum atomic E-state index is 7.00. The number of nitrogen functional groups attached to an aromatic ring is 1. The monoisotopic (exact) mass is 281 g/mol. The second-order valence-corrected chi connectivity index (χ2v) is 4.51. The van der Waals surface area contributed by atoms with Crippen LogP contribution in [0.25, 0.3) is 11.2 Å². The van der Waals surface area contributed by atoms with E-state index in [0.717, 1.165) is 38.9 Å². The summed E-state index contributed by atoms with van der Waals surface area (Å²) in [7, 11) is 1.00. The molecule has 0 saturated carbocycles. The standard InChI is InChI=1S/C12H19N5O.CH4O/c1-3-4-18-6-9(2)5-17-8-16-10-11(13)14-7-15-12(10)17;1-2/h7-9H,3-6H2,1-2H3,(H2,13,14,15);2H,1H3/t9-;/m0./s1. The van der Waals surface area contributed by atoms with Gasteiger partial charge in [0.25, 0.3) is 0 Å². The summed E-state index contributed by atoms with van der Waals surface area (Å²) >= 11 is 0. The summed E-state index contributed by atoms with van der Waals surface area (Å²) in [5, 5.41) is 7.00. The van der Waals surface area contributed by atoms with Gasteiger partial charge in [0.15, 0.2) is 11.5 Å². The van der Waals surface area contributed by atoms with Gasteiger partial charge in [-0.25, -0.2) is 15.0 Å². The van der Waals surface area contributed by atoms with E-state index in [1.807, 2.05) is 4.57 Å². The first kappa shape index (κ1) is 16.3. The fourth-order valence-electron chi connectivity index (χ4n) is 1.85. The van der Waals surface area contributed by atoms with Crippen LogP contribution in [-0.4, -0.2) is 44.9 Å². The Hall–Kier alpha value is -1.73. The fourth-order valence-corrected chi connectivity index (χ4v) is 1.85. The van der Waals surface area contributed by atoms with E-state index in [1.54, 1.807) is 6.33 Å². The van der Waals surface area contributed by atoms with Crippen LogP contribution in [0.5, 0.6) is 0 Å². The normalized spacial score (nSPS) is 12.0. The van der Waals surface area contributed by atoms with Crippen LogP contribution in [0, 0.1) is 5.92 Å². The number of nitrogens with zero attached hydrogens (tertiary/aromatic N) is 4. The van der Waals surface area contributed by atoms with Gasteiger partial charge in [0.05, 0.1) is 12.9 Å². The number of aromatic nitrogens is 4. The fraction of sp³-hybridized carbons (Fsp3) is 0.615. The second kappa shape index (κ2) is 8.44. The molecular weight excluding hydrogens is 258 g/mol. The van der Waals surface area contributed by atoms with E-state index >= 15 is 0 Å². The Morgan fingerprint density at radius 2 is 2.10 bits per heavy atom. The molecule has 1 atom stereocenters. The molecule has 7 heteroatoms. The summed E-state index contributed by atoms with van der Waals surface area (Å²) in [6, 6.07) is 0.